The fourth-order valence-electron chi connectivity index (χ4n) is 11.9. The maximum absolute atomic E-state index is 14.7. The van der Waals surface area contributed by atoms with Crippen molar-refractivity contribution >= 4 is 128 Å². The summed E-state index contributed by atoms with van der Waals surface area (Å²) in [5.74, 6) is 0.184. The lowest BCUT2D eigenvalue weighted by Gasteiger charge is -2.25. The predicted molar refractivity (Wildman–Crippen MR) is 346 cm³/mol. The number of aryl methyl sites for hydroxylation is 2. The average molecular weight is 1110 g/mol. The van der Waals surface area contributed by atoms with Crippen molar-refractivity contribution in [2.45, 2.75) is 26.7 Å². The largest absolute Gasteiger partial charge is 0.494 e. The molecular formula is C72H59N9O4. The summed E-state index contributed by atoms with van der Waals surface area (Å²) >= 11 is 0. The minimum Gasteiger partial charge on any atom is -0.494 e. The van der Waals surface area contributed by atoms with Gasteiger partial charge in [0.05, 0.1) is 47.8 Å². The summed E-state index contributed by atoms with van der Waals surface area (Å²) in [5.41, 5.74) is 12.9. The topological polar surface area (TPSA) is 143 Å². The molecule has 13 heteroatoms. The monoisotopic (exact) mass is 1110 g/mol. The number of ether oxygens (including phenoxy) is 2. The van der Waals surface area contributed by atoms with Gasteiger partial charge < -0.3 is 34.1 Å². The summed E-state index contributed by atoms with van der Waals surface area (Å²) in [4.78, 5) is 42.2. The van der Waals surface area contributed by atoms with Crippen molar-refractivity contribution in [3.63, 3.8) is 0 Å². The van der Waals surface area contributed by atoms with Crippen LogP contribution >= 0.6 is 0 Å². The van der Waals surface area contributed by atoms with E-state index >= 15 is 0 Å². The van der Waals surface area contributed by atoms with Gasteiger partial charge in [0.2, 0.25) is 0 Å². The SMILES string of the molecule is CCc1ccccc1N(C)C(=O)c1cc2ccc3c4ccccc4[nH]c3c2c(N=Nc2ccc(N(c3ccccc3)c3ccc(N=Nc4c(OC)c(C(=O)N(C)c5ccccc5CC)cc5ccc6c7ccccc7[nH]c6c45)cc3)cc2)c1OC. The van der Waals surface area contributed by atoms with Gasteiger partial charge in [-0.2, -0.15) is 10.2 Å². The molecule has 2 aromatic heterocycles. The van der Waals surface area contributed by atoms with E-state index in [2.05, 4.69) is 77.2 Å². The first kappa shape index (κ1) is 53.4. The number of azo groups is 2. The summed E-state index contributed by atoms with van der Waals surface area (Å²) in [6.07, 6.45) is 1.53. The van der Waals surface area contributed by atoms with Crippen LogP contribution in [-0.4, -0.2) is 50.1 Å². The Morgan fingerprint density at radius 1 is 0.424 bits per heavy atom. The van der Waals surface area contributed by atoms with Crippen molar-refractivity contribution in [2.24, 2.45) is 20.5 Å². The number of fused-ring (bicyclic) bond motifs is 10. The van der Waals surface area contributed by atoms with Crippen LogP contribution in [0.1, 0.15) is 45.7 Å². The van der Waals surface area contributed by atoms with E-state index in [1.807, 2.05) is 164 Å². The van der Waals surface area contributed by atoms with Gasteiger partial charge in [-0.25, -0.2) is 0 Å². The number of hydrogen-bond donors (Lipinski definition) is 2. The number of para-hydroxylation sites is 5. The first-order chi connectivity index (χ1) is 41.7. The zero-order chi connectivity index (χ0) is 58.3. The molecule has 11 aromatic carbocycles. The van der Waals surface area contributed by atoms with Crippen LogP contribution in [0.4, 0.5) is 51.2 Å². The molecule has 0 saturated carbocycles. The van der Waals surface area contributed by atoms with Gasteiger partial charge in [0.1, 0.15) is 11.4 Å². The number of aromatic amines is 2. The van der Waals surface area contributed by atoms with Gasteiger partial charge in [-0.15, -0.1) is 10.2 Å². The van der Waals surface area contributed by atoms with E-state index in [0.29, 0.717) is 45.4 Å². The molecule has 0 saturated heterocycles. The summed E-state index contributed by atoms with van der Waals surface area (Å²) in [5, 5.41) is 27.1. The van der Waals surface area contributed by atoms with E-state index in [0.717, 1.165) is 118 Å². The number of rotatable bonds is 15. The normalized spacial score (nSPS) is 11.7. The van der Waals surface area contributed by atoms with E-state index in [4.69, 9.17) is 29.9 Å². The lowest BCUT2D eigenvalue weighted by Crippen LogP contribution is -2.27. The predicted octanol–water partition coefficient (Wildman–Crippen LogP) is 19.3. The van der Waals surface area contributed by atoms with Crippen LogP contribution in [0, 0.1) is 0 Å². The molecule has 0 aliphatic carbocycles. The highest BCUT2D eigenvalue weighted by Crippen LogP contribution is 2.48. The Balaban J connectivity index is 0.862. The Labute approximate surface area is 491 Å². The van der Waals surface area contributed by atoms with Crippen molar-refractivity contribution in [1.82, 2.24) is 9.97 Å². The van der Waals surface area contributed by atoms with Crippen LogP contribution in [-0.2, 0) is 12.8 Å². The molecule has 0 atom stereocenters. The summed E-state index contributed by atoms with van der Waals surface area (Å²) in [6, 6.07) is 70.1. The van der Waals surface area contributed by atoms with Crippen LogP contribution < -0.4 is 24.2 Å². The van der Waals surface area contributed by atoms with Crippen molar-refractivity contribution in [1.29, 1.82) is 0 Å². The van der Waals surface area contributed by atoms with E-state index in [-0.39, 0.29) is 11.8 Å². The Kier molecular flexibility index (Phi) is 14.1. The maximum Gasteiger partial charge on any atom is 0.261 e. The maximum atomic E-state index is 14.7. The second-order valence-corrected chi connectivity index (χ2v) is 20.9. The van der Waals surface area contributed by atoms with Crippen LogP contribution in [0.2, 0.25) is 0 Å². The number of anilines is 5. The second kappa shape index (κ2) is 22.4. The lowest BCUT2D eigenvalue weighted by molar-refractivity contribution is 0.0982. The summed E-state index contributed by atoms with van der Waals surface area (Å²) in [7, 11) is 6.73. The van der Waals surface area contributed by atoms with E-state index in [9.17, 15) is 9.59 Å². The number of methoxy groups -OCH3 is 2. The number of benzene rings is 11. The Morgan fingerprint density at radius 3 is 1.24 bits per heavy atom. The Morgan fingerprint density at radius 2 is 0.812 bits per heavy atom. The molecule has 0 aliphatic rings. The molecule has 2 N–H and O–H groups in total. The summed E-state index contributed by atoms with van der Waals surface area (Å²) < 4.78 is 12.4. The molecule has 416 valence electrons. The first-order valence-electron chi connectivity index (χ1n) is 28.3. The van der Waals surface area contributed by atoms with Gasteiger partial charge in [0.15, 0.2) is 11.5 Å². The number of aromatic nitrogens is 2. The van der Waals surface area contributed by atoms with Crippen LogP contribution in [0.15, 0.2) is 233 Å². The molecule has 13 aromatic rings. The number of H-pyrrole nitrogens is 2. The smallest absolute Gasteiger partial charge is 0.261 e. The number of carbonyl (C=O) groups excluding carboxylic acids is 2. The molecule has 0 fully saturated rings. The van der Waals surface area contributed by atoms with E-state index in [1.165, 1.54) is 0 Å². The summed E-state index contributed by atoms with van der Waals surface area (Å²) in [6.45, 7) is 4.16. The Bertz CT molecular complexity index is 4510. The zero-order valence-electron chi connectivity index (χ0n) is 47.9. The van der Waals surface area contributed by atoms with Crippen molar-refractivity contribution < 1.29 is 19.1 Å². The zero-order valence-corrected chi connectivity index (χ0v) is 47.9. The molecule has 0 unspecified atom stereocenters. The van der Waals surface area contributed by atoms with Crippen molar-refractivity contribution in [3.05, 3.63) is 235 Å². The lowest BCUT2D eigenvalue weighted by atomic mass is 9.99. The molecule has 0 aliphatic heterocycles. The standard InChI is InChI=1S/C72H59N9O4/c1-7-44-20-12-18-28-61(44)79(3)71(82)57-42-46-30-40-55-53-24-14-16-26-59(53)73-65(55)63(46)67(69(57)84-5)77-75-48-32-36-51(37-33-48)81(50-22-10-9-11-23-50)52-38-34-49(35-39-52)76-78-68-64-47(31-41-56-54-25-15-17-27-60(54)74-66(56)64)43-58(70(68)85-6)72(83)80(4)62-29-19-13-21-45(62)8-2/h9-43,73-74H,7-8H2,1-6H3. The molecule has 13 rings (SSSR count). The van der Waals surface area contributed by atoms with Crippen LogP contribution in [0.25, 0.3) is 65.2 Å². The minimum absolute atomic E-state index is 0.230. The van der Waals surface area contributed by atoms with Gasteiger partial charge in [-0.1, -0.05) is 129 Å². The molecule has 0 spiro atoms. The number of carbonyl (C=O) groups is 2. The van der Waals surface area contributed by atoms with Gasteiger partial charge in [-0.05, 0) is 132 Å². The van der Waals surface area contributed by atoms with Crippen molar-refractivity contribution in [2.75, 3.05) is 43.0 Å². The van der Waals surface area contributed by atoms with Gasteiger partial charge >= 0.3 is 0 Å². The highest BCUT2D eigenvalue weighted by molar-refractivity contribution is 6.24. The number of amides is 2. The minimum atomic E-state index is -0.230. The fraction of sp³-hybridized carbons (Fsp3) is 0.111. The number of hydrogen-bond acceptors (Lipinski definition) is 9. The fourth-order valence-corrected chi connectivity index (χ4v) is 11.9. The van der Waals surface area contributed by atoms with Crippen molar-refractivity contribution in [3.8, 4) is 11.5 Å². The van der Waals surface area contributed by atoms with Crippen LogP contribution in [0.3, 0.4) is 0 Å². The van der Waals surface area contributed by atoms with E-state index < -0.39 is 0 Å². The molecule has 0 radical (unpaired) electrons. The molecule has 0 bridgehead atoms. The molecular weight excluding hydrogens is 1050 g/mol. The highest BCUT2D eigenvalue weighted by atomic mass is 16.5. The van der Waals surface area contributed by atoms with Gasteiger partial charge in [-0.3, -0.25) is 9.59 Å². The van der Waals surface area contributed by atoms with E-state index in [1.54, 1.807) is 38.1 Å². The second-order valence-electron chi connectivity index (χ2n) is 20.9. The number of nitrogens with zero attached hydrogens (tertiary/aromatic N) is 7. The third kappa shape index (κ3) is 9.51. The van der Waals surface area contributed by atoms with Crippen LogP contribution in [0.5, 0.6) is 11.5 Å². The quantitative estimate of drug-likeness (QED) is 0.0983. The molecule has 85 heavy (non-hydrogen) atoms. The number of nitrogens with one attached hydrogen (secondary N) is 2. The van der Waals surface area contributed by atoms with Gasteiger partial charge in [0, 0.05) is 85.9 Å². The third-order valence-corrected chi connectivity index (χ3v) is 16.1. The molecule has 2 heterocycles. The molecule has 13 nitrogen and oxygen atoms in total. The average Bonchev–Trinajstić information content (AvgIpc) is 2.71. The highest BCUT2D eigenvalue weighted by Gasteiger charge is 2.28. The molecule has 2 amide bonds. The third-order valence-electron chi connectivity index (χ3n) is 16.1. The Hall–Kier alpha value is -10.9. The first-order valence-corrected chi connectivity index (χ1v) is 28.3. The van der Waals surface area contributed by atoms with Gasteiger partial charge in [0.25, 0.3) is 11.8 Å².